The first-order valence-corrected chi connectivity index (χ1v) is 13.6. The maximum absolute atomic E-state index is 11.9. The molecule has 0 amide bonds. The van der Waals surface area contributed by atoms with E-state index in [1.165, 1.54) is 77.0 Å². The van der Waals surface area contributed by atoms with Crippen LogP contribution < -0.4 is 29.6 Å². The van der Waals surface area contributed by atoms with Crippen molar-refractivity contribution in [3.05, 3.63) is 0 Å². The van der Waals surface area contributed by atoms with Crippen LogP contribution >= 0.6 is 0 Å². The van der Waals surface area contributed by atoms with E-state index in [9.17, 15) is 14.7 Å². The molecule has 0 aromatic heterocycles. The van der Waals surface area contributed by atoms with Gasteiger partial charge < -0.3 is 16.0 Å². The summed E-state index contributed by atoms with van der Waals surface area (Å²) >= 11 is 0. The van der Waals surface area contributed by atoms with Gasteiger partial charge in [0.15, 0.2) is 6.10 Å². The third kappa shape index (κ3) is 26.3. The zero-order chi connectivity index (χ0) is 23.7. The number of aliphatic hydroxyl groups excluding tert-OH is 1. The molecule has 0 aliphatic rings. The second kappa shape index (κ2) is 28.1. The van der Waals surface area contributed by atoms with Gasteiger partial charge >= 0.3 is 41.5 Å². The molecule has 0 aliphatic carbocycles. The van der Waals surface area contributed by atoms with Crippen LogP contribution in [0.25, 0.3) is 0 Å². The molecule has 0 unspecified atom stereocenters. The first-order valence-electron chi connectivity index (χ1n) is 13.6. The first-order chi connectivity index (χ1) is 15.6. The van der Waals surface area contributed by atoms with Crippen molar-refractivity contribution in [1.82, 2.24) is 0 Å². The summed E-state index contributed by atoms with van der Waals surface area (Å²) in [7, 11) is 0. The summed E-state index contributed by atoms with van der Waals surface area (Å²) in [4.78, 5) is 23.8. The van der Waals surface area contributed by atoms with Crippen LogP contribution in [0.1, 0.15) is 144 Å². The maximum Gasteiger partial charge on any atom is 1.00 e. The minimum Gasteiger partial charge on any atom is -1.00 e. The van der Waals surface area contributed by atoms with Gasteiger partial charge in [-0.05, 0) is 12.8 Å². The molecule has 0 aromatic carbocycles. The van der Waals surface area contributed by atoms with Crippen molar-refractivity contribution in [3.63, 3.8) is 0 Å². The molecule has 0 saturated heterocycles. The van der Waals surface area contributed by atoms with Gasteiger partial charge in [0, 0.05) is 12.8 Å². The van der Waals surface area contributed by atoms with E-state index >= 15 is 0 Å². The molecule has 0 saturated carbocycles. The van der Waals surface area contributed by atoms with Crippen LogP contribution in [0, 0.1) is 0 Å². The largest absolute Gasteiger partial charge is 1.00 e. The first kappa shape index (κ1) is 35.1. The number of hydrogen-bond donors (Lipinski definition) is 1. The average Bonchev–Trinajstić information content (AvgIpc) is 2.79. The monoisotopic (exact) mass is 480 g/mol. The minimum absolute atomic E-state index is 0. The normalized spacial score (nSPS) is 11.6. The van der Waals surface area contributed by atoms with Gasteiger partial charge in [-0.3, -0.25) is 9.59 Å². The zero-order valence-corrected chi connectivity index (χ0v) is 24.2. The molecule has 0 bridgehead atoms. The Hall–Kier alpha value is -0.100. The molecule has 0 aliphatic heterocycles. The van der Waals surface area contributed by atoms with Crippen LogP contribution in [0.15, 0.2) is 0 Å². The van der Waals surface area contributed by atoms with Crippen molar-refractivity contribution in [1.29, 1.82) is 0 Å². The van der Waals surface area contributed by atoms with E-state index in [0.29, 0.717) is 12.8 Å². The molecule has 1 atom stereocenters. The number of unbranched alkanes of at least 4 members (excludes halogenated alkanes) is 16. The van der Waals surface area contributed by atoms with Crippen molar-refractivity contribution < 1.29 is 55.2 Å². The Labute approximate surface area is 227 Å². The second-order valence-electron chi connectivity index (χ2n) is 9.13. The van der Waals surface area contributed by atoms with E-state index < -0.39 is 6.10 Å². The van der Waals surface area contributed by atoms with E-state index in [-0.39, 0.29) is 56.1 Å². The minimum atomic E-state index is -0.756. The van der Waals surface area contributed by atoms with E-state index in [4.69, 9.17) is 9.47 Å². The fourth-order valence-corrected chi connectivity index (χ4v) is 3.79. The van der Waals surface area contributed by atoms with E-state index in [2.05, 4.69) is 13.8 Å². The van der Waals surface area contributed by atoms with Crippen LogP contribution in [-0.2, 0) is 19.1 Å². The van der Waals surface area contributed by atoms with E-state index in [1.54, 1.807) is 0 Å². The standard InChI is InChI=1S/C27H52O5.Na.H/c1-3-5-7-9-11-13-15-17-19-21-26(29)31-24-25(23-28)32-27(30)22-20-18-16-14-12-10-8-6-4-2;;/h25,28H,3-24H2,1-2H3;;/q;+1;-1/t25-;;/m0../s1. The Balaban J connectivity index is -0.00000480. The predicted octanol–water partition coefficient (Wildman–Crippen LogP) is 4.39. The topological polar surface area (TPSA) is 72.8 Å². The summed E-state index contributed by atoms with van der Waals surface area (Å²) in [5.41, 5.74) is 0. The summed E-state index contributed by atoms with van der Waals surface area (Å²) < 4.78 is 10.4. The molecule has 0 radical (unpaired) electrons. The van der Waals surface area contributed by atoms with Gasteiger partial charge in [0.2, 0.25) is 0 Å². The van der Waals surface area contributed by atoms with Crippen molar-refractivity contribution in [2.24, 2.45) is 0 Å². The van der Waals surface area contributed by atoms with Gasteiger partial charge in [0.05, 0.1) is 6.61 Å². The quantitative estimate of drug-likeness (QED) is 0.126. The molecule has 0 aromatic rings. The number of ether oxygens (including phenoxy) is 2. The average molecular weight is 481 g/mol. The number of carbonyl (C=O) groups excluding carboxylic acids is 2. The van der Waals surface area contributed by atoms with Gasteiger partial charge in [-0.15, -0.1) is 0 Å². The van der Waals surface area contributed by atoms with Gasteiger partial charge in [0.25, 0.3) is 0 Å². The Morgan fingerprint density at radius 3 is 1.39 bits per heavy atom. The Kier molecular flexibility index (Phi) is 29.9. The Bertz CT molecular complexity index is 437. The van der Waals surface area contributed by atoms with E-state index in [0.717, 1.165) is 38.5 Å². The predicted molar refractivity (Wildman–Crippen MR) is 133 cm³/mol. The molecule has 0 heterocycles. The smallest absolute Gasteiger partial charge is 1.00 e. The fraction of sp³-hybridized carbons (Fsp3) is 0.926. The summed E-state index contributed by atoms with van der Waals surface area (Å²) in [6, 6.07) is 0. The maximum atomic E-state index is 11.9. The van der Waals surface area contributed by atoms with Gasteiger partial charge in [0.1, 0.15) is 6.61 Å². The molecular formula is C27H53NaO5. The second-order valence-corrected chi connectivity index (χ2v) is 9.13. The molecule has 5 nitrogen and oxygen atoms in total. The number of rotatable bonds is 24. The Morgan fingerprint density at radius 1 is 0.636 bits per heavy atom. The van der Waals surface area contributed by atoms with Crippen molar-refractivity contribution >= 4 is 11.9 Å². The molecule has 33 heavy (non-hydrogen) atoms. The molecule has 0 spiro atoms. The molecular weight excluding hydrogens is 427 g/mol. The number of carbonyl (C=O) groups is 2. The van der Waals surface area contributed by atoms with Crippen LogP contribution in [0.2, 0.25) is 0 Å². The van der Waals surface area contributed by atoms with Crippen LogP contribution in [0.3, 0.4) is 0 Å². The molecule has 6 heteroatoms. The van der Waals surface area contributed by atoms with Crippen molar-refractivity contribution in [3.8, 4) is 0 Å². The Morgan fingerprint density at radius 2 is 1.00 bits per heavy atom. The van der Waals surface area contributed by atoms with Crippen LogP contribution in [0.5, 0.6) is 0 Å². The zero-order valence-electron chi connectivity index (χ0n) is 23.2. The molecule has 192 valence electrons. The van der Waals surface area contributed by atoms with Crippen LogP contribution in [0.4, 0.5) is 0 Å². The number of hydrogen-bond acceptors (Lipinski definition) is 5. The summed E-state index contributed by atoms with van der Waals surface area (Å²) in [6.07, 6.45) is 21.5. The van der Waals surface area contributed by atoms with E-state index in [1.807, 2.05) is 0 Å². The SMILES string of the molecule is CCCCCCCCCCCC(=O)OC[C@H](CO)OC(=O)CCCCCCCCCCC.[H-].[Na+]. The van der Waals surface area contributed by atoms with Gasteiger partial charge in [-0.1, -0.05) is 117 Å². The third-order valence-electron chi connectivity index (χ3n) is 5.90. The summed E-state index contributed by atoms with van der Waals surface area (Å²) in [5, 5.41) is 9.40. The van der Waals surface area contributed by atoms with Crippen molar-refractivity contribution in [2.75, 3.05) is 13.2 Å². The molecule has 0 rings (SSSR count). The van der Waals surface area contributed by atoms with Crippen molar-refractivity contribution in [2.45, 2.75) is 148 Å². The van der Waals surface area contributed by atoms with Gasteiger partial charge in [-0.25, -0.2) is 0 Å². The number of esters is 2. The van der Waals surface area contributed by atoms with Gasteiger partial charge in [-0.2, -0.15) is 0 Å². The molecule has 0 fully saturated rings. The third-order valence-corrected chi connectivity index (χ3v) is 5.90. The van der Waals surface area contributed by atoms with Crippen LogP contribution in [-0.4, -0.2) is 36.4 Å². The molecule has 1 N–H and O–H groups in total. The number of aliphatic hydroxyl groups is 1. The summed E-state index contributed by atoms with van der Waals surface area (Å²) in [6.45, 7) is 4.07. The fourth-order valence-electron chi connectivity index (χ4n) is 3.79. The summed E-state index contributed by atoms with van der Waals surface area (Å²) in [5.74, 6) is -0.594.